The maximum atomic E-state index is 12.0. The normalized spacial score (nSPS) is 15.1. The number of ether oxygens (including phenoxy) is 1. The van der Waals surface area contributed by atoms with Crippen LogP contribution < -0.4 is 5.32 Å². The third kappa shape index (κ3) is 2.97. The Balaban J connectivity index is 1.66. The second-order valence-electron chi connectivity index (χ2n) is 4.43. The quantitative estimate of drug-likeness (QED) is 0.924. The van der Waals surface area contributed by atoms with Gasteiger partial charge in [-0.15, -0.1) is 11.3 Å². The van der Waals surface area contributed by atoms with Gasteiger partial charge in [0.2, 0.25) is 0 Å². The van der Waals surface area contributed by atoms with E-state index >= 15 is 0 Å². The summed E-state index contributed by atoms with van der Waals surface area (Å²) in [6, 6.07) is 9.81. The van der Waals surface area contributed by atoms with Crippen molar-refractivity contribution >= 4 is 22.5 Å². The largest absolute Gasteiger partial charge is 0.378 e. The van der Waals surface area contributed by atoms with E-state index < -0.39 is 0 Å². The molecule has 1 aromatic carbocycles. The van der Waals surface area contributed by atoms with E-state index in [1.54, 1.807) is 4.90 Å². The number of rotatable bonds is 2. The molecule has 6 heteroatoms. The molecule has 5 nitrogen and oxygen atoms in total. The van der Waals surface area contributed by atoms with Gasteiger partial charge < -0.3 is 9.64 Å². The summed E-state index contributed by atoms with van der Waals surface area (Å²) in [4.78, 5) is 18.2. The van der Waals surface area contributed by atoms with E-state index in [0.717, 1.165) is 11.3 Å². The molecule has 1 fully saturated rings. The number of carbonyl (C=O) groups excluding carboxylic acids is 1. The minimum absolute atomic E-state index is 0.109. The molecule has 1 aromatic heterocycles. The number of urea groups is 1. The molecule has 0 unspecified atom stereocenters. The Hall–Kier alpha value is -1.92. The molecule has 0 aliphatic carbocycles. The van der Waals surface area contributed by atoms with Crippen LogP contribution in [-0.4, -0.2) is 42.2 Å². The number of aromatic nitrogens is 1. The summed E-state index contributed by atoms with van der Waals surface area (Å²) < 4.78 is 5.23. The minimum atomic E-state index is -0.109. The fourth-order valence-electron chi connectivity index (χ4n) is 2.01. The molecular weight excluding hydrogens is 274 g/mol. The van der Waals surface area contributed by atoms with Crippen molar-refractivity contribution in [3.63, 3.8) is 0 Å². The summed E-state index contributed by atoms with van der Waals surface area (Å²) in [5, 5.41) is 5.41. The summed E-state index contributed by atoms with van der Waals surface area (Å²) in [6.07, 6.45) is 0. The van der Waals surface area contributed by atoms with E-state index in [1.807, 2.05) is 35.7 Å². The van der Waals surface area contributed by atoms with Crippen molar-refractivity contribution in [2.24, 2.45) is 0 Å². The Morgan fingerprint density at radius 3 is 2.75 bits per heavy atom. The fraction of sp³-hybridized carbons (Fsp3) is 0.286. The standard InChI is InChI=1S/C14H15N3O2S/c18-14(17-6-8-19-9-7-17)16-13-15-12(10-20-13)11-4-2-1-3-5-11/h1-5,10H,6-9H2,(H,15,16,18). The second-order valence-corrected chi connectivity index (χ2v) is 5.29. The van der Waals surface area contributed by atoms with E-state index in [-0.39, 0.29) is 6.03 Å². The van der Waals surface area contributed by atoms with E-state index in [2.05, 4.69) is 10.3 Å². The van der Waals surface area contributed by atoms with Crippen LogP contribution in [0.5, 0.6) is 0 Å². The van der Waals surface area contributed by atoms with Crippen LogP contribution in [0.4, 0.5) is 9.93 Å². The number of hydrogen-bond acceptors (Lipinski definition) is 4. The van der Waals surface area contributed by atoms with Crippen molar-refractivity contribution in [3.05, 3.63) is 35.7 Å². The lowest BCUT2D eigenvalue weighted by atomic mass is 10.2. The van der Waals surface area contributed by atoms with Gasteiger partial charge in [0.05, 0.1) is 18.9 Å². The molecule has 0 spiro atoms. The average molecular weight is 289 g/mol. The molecule has 0 atom stereocenters. The summed E-state index contributed by atoms with van der Waals surface area (Å²) in [5.74, 6) is 0. The van der Waals surface area contributed by atoms with E-state index in [1.165, 1.54) is 11.3 Å². The number of morpholine rings is 1. The zero-order valence-electron chi connectivity index (χ0n) is 10.9. The molecule has 104 valence electrons. The number of hydrogen-bond donors (Lipinski definition) is 1. The van der Waals surface area contributed by atoms with Crippen LogP contribution in [0.15, 0.2) is 35.7 Å². The number of carbonyl (C=O) groups is 1. The number of nitrogens with zero attached hydrogens (tertiary/aromatic N) is 2. The van der Waals surface area contributed by atoms with Crippen LogP contribution in [0, 0.1) is 0 Å². The molecule has 1 aliphatic heterocycles. The summed E-state index contributed by atoms with van der Waals surface area (Å²) in [6.45, 7) is 2.45. The molecule has 0 radical (unpaired) electrons. The smallest absolute Gasteiger partial charge is 0.323 e. The lowest BCUT2D eigenvalue weighted by molar-refractivity contribution is 0.0564. The molecule has 0 saturated carbocycles. The van der Waals surface area contributed by atoms with Gasteiger partial charge in [-0.3, -0.25) is 5.32 Å². The molecule has 0 bridgehead atoms. The SMILES string of the molecule is O=C(Nc1nc(-c2ccccc2)cs1)N1CCOCC1. The number of benzene rings is 1. The van der Waals surface area contributed by atoms with Crippen molar-refractivity contribution in [1.29, 1.82) is 0 Å². The first-order chi connectivity index (χ1) is 9.83. The highest BCUT2D eigenvalue weighted by molar-refractivity contribution is 7.14. The van der Waals surface area contributed by atoms with Crippen molar-refractivity contribution in [1.82, 2.24) is 9.88 Å². The summed E-state index contributed by atoms with van der Waals surface area (Å²) in [7, 11) is 0. The lowest BCUT2D eigenvalue weighted by Crippen LogP contribution is -2.43. The van der Waals surface area contributed by atoms with Crippen molar-refractivity contribution < 1.29 is 9.53 Å². The van der Waals surface area contributed by atoms with Crippen LogP contribution in [0.25, 0.3) is 11.3 Å². The maximum absolute atomic E-state index is 12.0. The fourth-order valence-corrected chi connectivity index (χ4v) is 2.72. The Morgan fingerprint density at radius 1 is 1.25 bits per heavy atom. The third-order valence-electron chi connectivity index (χ3n) is 3.09. The first-order valence-corrected chi connectivity index (χ1v) is 7.35. The van der Waals surface area contributed by atoms with Gasteiger partial charge in [-0.2, -0.15) is 0 Å². The van der Waals surface area contributed by atoms with Crippen molar-refractivity contribution in [2.45, 2.75) is 0 Å². The first kappa shape index (κ1) is 13.1. The molecule has 3 rings (SSSR count). The molecule has 1 aliphatic rings. The van der Waals surface area contributed by atoms with Crippen LogP contribution in [-0.2, 0) is 4.74 Å². The summed E-state index contributed by atoms with van der Waals surface area (Å²) >= 11 is 1.44. The third-order valence-corrected chi connectivity index (χ3v) is 3.84. The molecule has 1 N–H and O–H groups in total. The topological polar surface area (TPSA) is 54.5 Å². The monoisotopic (exact) mass is 289 g/mol. The van der Waals surface area contributed by atoms with Gasteiger partial charge in [0.25, 0.3) is 0 Å². The zero-order chi connectivity index (χ0) is 13.8. The molecule has 2 amide bonds. The number of nitrogens with one attached hydrogen (secondary N) is 1. The summed E-state index contributed by atoms with van der Waals surface area (Å²) in [5.41, 5.74) is 1.93. The Kier molecular flexibility index (Phi) is 3.94. The predicted octanol–water partition coefficient (Wildman–Crippen LogP) is 2.67. The van der Waals surface area contributed by atoms with Gasteiger partial charge in [0.1, 0.15) is 0 Å². The van der Waals surface area contributed by atoms with Crippen LogP contribution >= 0.6 is 11.3 Å². The first-order valence-electron chi connectivity index (χ1n) is 6.47. The Labute approximate surface area is 121 Å². The van der Waals surface area contributed by atoms with E-state index in [4.69, 9.17) is 4.74 Å². The highest BCUT2D eigenvalue weighted by Crippen LogP contribution is 2.24. The minimum Gasteiger partial charge on any atom is -0.378 e. The Morgan fingerprint density at radius 2 is 2.00 bits per heavy atom. The molecule has 2 heterocycles. The van der Waals surface area contributed by atoms with Gasteiger partial charge in [0.15, 0.2) is 5.13 Å². The number of thiazole rings is 1. The van der Waals surface area contributed by atoms with E-state index in [0.29, 0.717) is 31.4 Å². The van der Waals surface area contributed by atoms with Gasteiger partial charge in [-0.25, -0.2) is 9.78 Å². The van der Waals surface area contributed by atoms with Gasteiger partial charge in [-0.05, 0) is 0 Å². The van der Waals surface area contributed by atoms with Crippen LogP contribution in [0.1, 0.15) is 0 Å². The predicted molar refractivity (Wildman–Crippen MR) is 79.0 cm³/mol. The molecule has 1 saturated heterocycles. The average Bonchev–Trinajstić information content (AvgIpc) is 2.97. The highest BCUT2D eigenvalue weighted by atomic mass is 32.1. The lowest BCUT2D eigenvalue weighted by Gasteiger charge is -2.26. The Bertz CT molecular complexity index is 579. The number of anilines is 1. The van der Waals surface area contributed by atoms with E-state index in [9.17, 15) is 4.79 Å². The number of amides is 2. The van der Waals surface area contributed by atoms with Crippen molar-refractivity contribution in [3.8, 4) is 11.3 Å². The van der Waals surface area contributed by atoms with Crippen LogP contribution in [0.2, 0.25) is 0 Å². The molecule has 20 heavy (non-hydrogen) atoms. The molecule has 2 aromatic rings. The zero-order valence-corrected chi connectivity index (χ0v) is 11.7. The van der Waals surface area contributed by atoms with Gasteiger partial charge in [-0.1, -0.05) is 30.3 Å². The molecular formula is C14H15N3O2S. The van der Waals surface area contributed by atoms with Crippen molar-refractivity contribution in [2.75, 3.05) is 31.6 Å². The van der Waals surface area contributed by atoms with Gasteiger partial charge in [0, 0.05) is 24.0 Å². The highest BCUT2D eigenvalue weighted by Gasteiger charge is 2.17. The van der Waals surface area contributed by atoms with Gasteiger partial charge >= 0.3 is 6.03 Å². The van der Waals surface area contributed by atoms with Crippen LogP contribution in [0.3, 0.4) is 0 Å². The second kappa shape index (κ2) is 6.02. The maximum Gasteiger partial charge on any atom is 0.323 e.